The summed E-state index contributed by atoms with van der Waals surface area (Å²) >= 11 is 14.9. The van der Waals surface area contributed by atoms with Crippen LogP contribution in [0.2, 0.25) is 8.67 Å². The van der Waals surface area contributed by atoms with Crippen LogP contribution in [0.25, 0.3) is 0 Å². The molecule has 0 aliphatic heterocycles. The first-order valence-corrected chi connectivity index (χ1v) is 8.44. The number of oxime groups is 1. The molecule has 0 aliphatic carbocycles. The average Bonchev–Trinajstić information content (AvgIpc) is 2.72. The molecule has 0 unspecified atom stereocenters. The highest BCUT2D eigenvalue weighted by atomic mass is 35.5. The van der Waals surface area contributed by atoms with E-state index in [9.17, 15) is 5.21 Å². The summed E-state index contributed by atoms with van der Waals surface area (Å²) in [7, 11) is 0. The predicted molar refractivity (Wildman–Crippen MR) is 89.3 cm³/mol. The van der Waals surface area contributed by atoms with Crippen LogP contribution >= 0.6 is 46.3 Å². The largest absolute Gasteiger partial charge is 0.411 e. The SMILES string of the molecule is Cc1cccc(C)c1SC/C(=N\O)c1cc(Cl)sc1Cl. The van der Waals surface area contributed by atoms with Crippen molar-refractivity contribution in [3.8, 4) is 0 Å². The van der Waals surface area contributed by atoms with Gasteiger partial charge in [-0.3, -0.25) is 0 Å². The van der Waals surface area contributed by atoms with Crippen LogP contribution in [0.3, 0.4) is 0 Å². The van der Waals surface area contributed by atoms with Crippen molar-refractivity contribution in [3.05, 3.63) is 49.6 Å². The molecule has 0 fully saturated rings. The van der Waals surface area contributed by atoms with E-state index in [1.807, 2.05) is 6.07 Å². The van der Waals surface area contributed by atoms with E-state index in [1.54, 1.807) is 17.8 Å². The molecule has 2 rings (SSSR count). The van der Waals surface area contributed by atoms with E-state index < -0.39 is 0 Å². The van der Waals surface area contributed by atoms with Crippen LogP contribution in [0.15, 0.2) is 34.3 Å². The maximum atomic E-state index is 9.21. The number of halogens is 2. The van der Waals surface area contributed by atoms with Crippen LogP contribution in [0.1, 0.15) is 16.7 Å². The molecular weight excluding hydrogens is 333 g/mol. The van der Waals surface area contributed by atoms with Crippen molar-refractivity contribution in [2.75, 3.05) is 5.75 Å². The van der Waals surface area contributed by atoms with Gasteiger partial charge in [0.1, 0.15) is 4.34 Å². The Morgan fingerprint density at radius 3 is 2.45 bits per heavy atom. The number of aryl methyl sites for hydroxylation is 2. The van der Waals surface area contributed by atoms with Crippen LogP contribution in [-0.2, 0) is 0 Å². The number of thioether (sulfide) groups is 1. The average molecular weight is 346 g/mol. The van der Waals surface area contributed by atoms with Crippen molar-refractivity contribution in [3.63, 3.8) is 0 Å². The van der Waals surface area contributed by atoms with Crippen molar-refractivity contribution in [2.24, 2.45) is 5.16 Å². The molecule has 1 aromatic carbocycles. The minimum absolute atomic E-state index is 0.533. The Balaban J connectivity index is 2.19. The zero-order valence-electron chi connectivity index (χ0n) is 11.0. The first-order valence-electron chi connectivity index (χ1n) is 5.88. The number of rotatable bonds is 4. The zero-order chi connectivity index (χ0) is 14.7. The molecule has 0 bridgehead atoms. The summed E-state index contributed by atoms with van der Waals surface area (Å²) in [5.41, 5.74) is 3.65. The lowest BCUT2D eigenvalue weighted by Gasteiger charge is -2.09. The van der Waals surface area contributed by atoms with Gasteiger partial charge in [-0.2, -0.15) is 0 Å². The number of thiophene rings is 1. The third-order valence-corrected chi connectivity index (χ3v) is 5.69. The maximum absolute atomic E-state index is 9.21. The van der Waals surface area contributed by atoms with Gasteiger partial charge in [0.05, 0.1) is 10.0 Å². The van der Waals surface area contributed by atoms with Crippen molar-refractivity contribution in [2.45, 2.75) is 18.7 Å². The number of nitrogens with zero attached hydrogens (tertiary/aromatic N) is 1. The van der Waals surface area contributed by atoms with Gasteiger partial charge >= 0.3 is 0 Å². The molecule has 0 spiro atoms. The third-order valence-electron chi connectivity index (χ3n) is 2.85. The lowest BCUT2D eigenvalue weighted by molar-refractivity contribution is 0.319. The van der Waals surface area contributed by atoms with Gasteiger partial charge in [0.25, 0.3) is 0 Å². The van der Waals surface area contributed by atoms with Gasteiger partial charge in [0.15, 0.2) is 0 Å². The van der Waals surface area contributed by atoms with Gasteiger partial charge in [0.2, 0.25) is 0 Å². The van der Waals surface area contributed by atoms with Crippen LogP contribution < -0.4 is 0 Å². The number of hydrogen-bond acceptors (Lipinski definition) is 4. The standard InChI is InChI=1S/C14H13Cl2NOS2/c1-8-4-3-5-9(2)13(8)19-7-11(17-18)10-6-12(15)20-14(10)16/h3-6,18H,7H2,1-2H3/b17-11+. The van der Waals surface area contributed by atoms with Crippen molar-refractivity contribution < 1.29 is 5.21 Å². The van der Waals surface area contributed by atoms with Gasteiger partial charge in [-0.15, -0.1) is 23.1 Å². The van der Waals surface area contributed by atoms with E-state index in [0.717, 1.165) is 0 Å². The summed E-state index contributed by atoms with van der Waals surface area (Å²) in [6.07, 6.45) is 0. The Hall–Kier alpha value is -0.680. The molecule has 0 aliphatic rings. The Labute approximate surface area is 136 Å². The van der Waals surface area contributed by atoms with Crippen molar-refractivity contribution >= 4 is 52.0 Å². The summed E-state index contributed by atoms with van der Waals surface area (Å²) in [5.74, 6) is 0.537. The Morgan fingerprint density at radius 1 is 1.30 bits per heavy atom. The second kappa shape index (κ2) is 6.85. The predicted octanol–water partition coefficient (Wildman–Crippen LogP) is 5.64. The number of benzene rings is 1. The molecule has 0 saturated heterocycles. The molecule has 2 aromatic rings. The third kappa shape index (κ3) is 3.50. The van der Waals surface area contributed by atoms with Gasteiger partial charge in [-0.05, 0) is 31.0 Å². The van der Waals surface area contributed by atoms with E-state index in [-0.39, 0.29) is 0 Å². The normalized spacial score (nSPS) is 11.9. The quantitative estimate of drug-likeness (QED) is 0.336. The van der Waals surface area contributed by atoms with Crippen molar-refractivity contribution in [1.29, 1.82) is 0 Å². The van der Waals surface area contributed by atoms with E-state index >= 15 is 0 Å². The van der Waals surface area contributed by atoms with E-state index in [2.05, 4.69) is 31.1 Å². The molecule has 1 N–H and O–H groups in total. The van der Waals surface area contributed by atoms with Gasteiger partial charge < -0.3 is 5.21 Å². The zero-order valence-corrected chi connectivity index (χ0v) is 14.1. The van der Waals surface area contributed by atoms with Gasteiger partial charge in [-0.25, -0.2) is 0 Å². The molecular formula is C14H13Cl2NOS2. The summed E-state index contributed by atoms with van der Waals surface area (Å²) in [6.45, 7) is 4.14. The molecule has 2 nitrogen and oxygen atoms in total. The van der Waals surface area contributed by atoms with Crippen LogP contribution in [0, 0.1) is 13.8 Å². The summed E-state index contributed by atoms with van der Waals surface area (Å²) in [5, 5.41) is 12.6. The van der Waals surface area contributed by atoms with Crippen LogP contribution in [0.4, 0.5) is 0 Å². The van der Waals surface area contributed by atoms with E-state index in [0.29, 0.717) is 25.7 Å². The summed E-state index contributed by atoms with van der Waals surface area (Å²) in [6, 6.07) is 7.90. The Bertz CT molecular complexity index is 632. The Morgan fingerprint density at radius 2 is 1.95 bits per heavy atom. The molecule has 0 radical (unpaired) electrons. The van der Waals surface area contributed by atoms with Gasteiger partial charge in [0, 0.05) is 16.2 Å². The van der Waals surface area contributed by atoms with E-state index in [1.165, 1.54) is 27.4 Å². The van der Waals surface area contributed by atoms with Gasteiger partial charge in [-0.1, -0.05) is 46.6 Å². The highest BCUT2D eigenvalue weighted by Gasteiger charge is 2.14. The topological polar surface area (TPSA) is 32.6 Å². The molecule has 106 valence electrons. The lowest BCUT2D eigenvalue weighted by atomic mass is 10.2. The monoisotopic (exact) mass is 345 g/mol. The van der Waals surface area contributed by atoms with Crippen LogP contribution in [0.5, 0.6) is 0 Å². The maximum Gasteiger partial charge on any atom is 0.104 e. The molecule has 1 heterocycles. The Kier molecular flexibility index (Phi) is 5.38. The highest BCUT2D eigenvalue weighted by molar-refractivity contribution is 8.00. The molecule has 1 aromatic heterocycles. The lowest BCUT2D eigenvalue weighted by Crippen LogP contribution is -2.04. The van der Waals surface area contributed by atoms with Crippen LogP contribution in [-0.4, -0.2) is 16.7 Å². The second-order valence-electron chi connectivity index (χ2n) is 4.29. The molecule has 20 heavy (non-hydrogen) atoms. The molecule has 0 atom stereocenters. The van der Waals surface area contributed by atoms with Crippen molar-refractivity contribution in [1.82, 2.24) is 0 Å². The first kappa shape index (κ1) is 15.7. The molecule has 0 saturated carbocycles. The smallest absolute Gasteiger partial charge is 0.104 e. The fraction of sp³-hybridized carbons (Fsp3) is 0.214. The summed E-state index contributed by atoms with van der Waals surface area (Å²) in [4.78, 5) is 1.20. The highest BCUT2D eigenvalue weighted by Crippen LogP contribution is 2.33. The molecule has 6 heteroatoms. The second-order valence-corrected chi connectivity index (χ2v) is 7.57. The minimum atomic E-state index is 0.533. The fourth-order valence-electron chi connectivity index (χ4n) is 1.86. The van der Waals surface area contributed by atoms with E-state index in [4.69, 9.17) is 23.2 Å². The summed E-state index contributed by atoms with van der Waals surface area (Å²) < 4.78 is 1.13. The number of hydrogen-bond donors (Lipinski definition) is 1. The minimum Gasteiger partial charge on any atom is -0.411 e. The first-order chi connectivity index (χ1) is 9.52. The fourth-order valence-corrected chi connectivity index (χ4v) is 4.46. The molecule has 0 amide bonds.